The molecule has 0 saturated carbocycles. The van der Waals surface area contributed by atoms with Crippen LogP contribution in [-0.2, 0) is 11.0 Å². The van der Waals surface area contributed by atoms with E-state index in [0.29, 0.717) is 19.6 Å². The van der Waals surface area contributed by atoms with Crippen molar-refractivity contribution >= 4 is 5.91 Å². The number of alkyl halides is 3. The molecule has 1 amide bonds. The molecule has 0 bridgehead atoms. The van der Waals surface area contributed by atoms with Gasteiger partial charge in [-0.1, -0.05) is 18.2 Å². The fraction of sp³-hybridized carbons (Fsp3) is 0.471. The first-order chi connectivity index (χ1) is 10.8. The van der Waals surface area contributed by atoms with Gasteiger partial charge in [-0.05, 0) is 38.2 Å². The summed E-state index contributed by atoms with van der Waals surface area (Å²) < 4.78 is 37.7. The maximum atomic E-state index is 12.6. The topological polar surface area (TPSA) is 23.6 Å². The molecule has 2 rings (SSSR count). The summed E-state index contributed by atoms with van der Waals surface area (Å²) in [5.74, 6) is 0.0599. The Bertz CT molecular complexity index is 564. The van der Waals surface area contributed by atoms with Crippen molar-refractivity contribution in [3.63, 3.8) is 0 Å². The minimum Gasteiger partial charge on any atom is -0.339 e. The molecule has 1 fully saturated rings. The molecule has 0 aliphatic carbocycles. The van der Waals surface area contributed by atoms with Gasteiger partial charge in [-0.3, -0.25) is 4.79 Å². The molecule has 0 spiro atoms. The number of hydrogen-bond acceptors (Lipinski definition) is 2. The molecule has 1 saturated heterocycles. The lowest BCUT2D eigenvalue weighted by Gasteiger charge is -2.15. The first kappa shape index (κ1) is 17.5. The molecule has 1 heterocycles. The van der Waals surface area contributed by atoms with Crippen molar-refractivity contribution in [2.24, 2.45) is 0 Å². The fourth-order valence-electron chi connectivity index (χ4n) is 2.65. The van der Waals surface area contributed by atoms with Crippen LogP contribution in [-0.4, -0.2) is 49.4 Å². The Morgan fingerprint density at radius 1 is 1.30 bits per heavy atom. The summed E-state index contributed by atoms with van der Waals surface area (Å²) >= 11 is 0. The van der Waals surface area contributed by atoms with E-state index in [4.69, 9.17) is 0 Å². The van der Waals surface area contributed by atoms with Crippen LogP contribution >= 0.6 is 0 Å². The molecule has 23 heavy (non-hydrogen) atoms. The minimum absolute atomic E-state index is 0.0405. The lowest BCUT2D eigenvalue weighted by atomic mass is 9.97. The Morgan fingerprint density at radius 2 is 1.96 bits per heavy atom. The molecule has 1 aromatic rings. The zero-order chi connectivity index (χ0) is 17.0. The van der Waals surface area contributed by atoms with E-state index in [9.17, 15) is 18.0 Å². The van der Waals surface area contributed by atoms with Crippen molar-refractivity contribution in [2.45, 2.75) is 18.5 Å². The smallest absolute Gasteiger partial charge is 0.339 e. The van der Waals surface area contributed by atoms with Gasteiger partial charge in [0, 0.05) is 31.6 Å². The van der Waals surface area contributed by atoms with Gasteiger partial charge in [0.25, 0.3) is 0 Å². The van der Waals surface area contributed by atoms with E-state index in [2.05, 4.69) is 0 Å². The monoisotopic (exact) mass is 326 g/mol. The number of likely N-dealkylation sites (tertiary alicyclic amines) is 1. The second-order valence-corrected chi connectivity index (χ2v) is 6.05. The van der Waals surface area contributed by atoms with E-state index in [0.717, 1.165) is 24.1 Å². The summed E-state index contributed by atoms with van der Waals surface area (Å²) in [5.41, 5.74) is 0.212. The maximum absolute atomic E-state index is 12.6. The molecule has 126 valence electrons. The largest absolute Gasteiger partial charge is 0.416 e. The van der Waals surface area contributed by atoms with Gasteiger partial charge in [0.15, 0.2) is 0 Å². The molecular formula is C17H21F3N2O. The maximum Gasteiger partial charge on any atom is 0.416 e. The molecule has 0 radical (unpaired) electrons. The number of carbonyl (C=O) groups is 1. The van der Waals surface area contributed by atoms with Crippen LogP contribution in [0.3, 0.4) is 0 Å². The van der Waals surface area contributed by atoms with Gasteiger partial charge in [-0.15, -0.1) is 0 Å². The molecule has 1 unspecified atom stereocenters. The normalized spacial score (nSPS) is 19.0. The number of amides is 1. The van der Waals surface area contributed by atoms with E-state index in [1.54, 1.807) is 11.0 Å². The van der Waals surface area contributed by atoms with Crippen LogP contribution in [0.15, 0.2) is 36.4 Å². The molecule has 1 atom stereocenters. The predicted molar refractivity (Wildman–Crippen MR) is 83.1 cm³/mol. The van der Waals surface area contributed by atoms with E-state index in [1.165, 1.54) is 12.1 Å². The summed E-state index contributed by atoms with van der Waals surface area (Å²) in [6.07, 6.45) is -0.158. The molecule has 6 heteroatoms. The van der Waals surface area contributed by atoms with Gasteiger partial charge in [-0.2, -0.15) is 13.2 Å². The van der Waals surface area contributed by atoms with Gasteiger partial charge >= 0.3 is 6.18 Å². The Morgan fingerprint density at radius 3 is 2.52 bits per heavy atom. The summed E-state index contributed by atoms with van der Waals surface area (Å²) in [5, 5.41) is 0. The average Bonchev–Trinajstić information content (AvgIpc) is 2.96. The lowest BCUT2D eigenvalue weighted by Crippen LogP contribution is -2.26. The molecule has 0 aromatic heterocycles. The zero-order valence-corrected chi connectivity index (χ0v) is 13.3. The summed E-state index contributed by atoms with van der Waals surface area (Å²) in [4.78, 5) is 15.8. The number of hydrogen-bond donors (Lipinski definition) is 0. The van der Waals surface area contributed by atoms with Gasteiger partial charge in [0.2, 0.25) is 5.91 Å². The standard InChI is InChI=1S/C17H21F3N2O/c1-21(2)10-3-4-16(23)22-11-9-14(12-22)13-5-7-15(8-6-13)17(18,19)20/h3-8,14H,9-12H2,1-2H3/b4-3+. The second-order valence-electron chi connectivity index (χ2n) is 6.05. The van der Waals surface area contributed by atoms with Crippen LogP contribution < -0.4 is 0 Å². The Labute approximate surface area is 134 Å². The third kappa shape index (κ3) is 4.82. The Kier molecular flexibility index (Phi) is 5.46. The number of rotatable bonds is 4. The lowest BCUT2D eigenvalue weighted by molar-refractivity contribution is -0.137. The van der Waals surface area contributed by atoms with Gasteiger partial charge < -0.3 is 9.80 Å². The molecular weight excluding hydrogens is 305 g/mol. The van der Waals surface area contributed by atoms with Gasteiger partial charge in [-0.25, -0.2) is 0 Å². The third-order valence-corrected chi connectivity index (χ3v) is 3.94. The molecule has 3 nitrogen and oxygen atoms in total. The number of likely N-dealkylation sites (N-methyl/N-ethyl adjacent to an activating group) is 1. The van der Waals surface area contributed by atoms with E-state index >= 15 is 0 Å². The first-order valence-electron chi connectivity index (χ1n) is 7.54. The van der Waals surface area contributed by atoms with E-state index in [-0.39, 0.29) is 11.8 Å². The number of halogens is 3. The summed E-state index contributed by atoms with van der Waals surface area (Å²) in [6, 6.07) is 5.25. The van der Waals surface area contributed by atoms with E-state index < -0.39 is 11.7 Å². The van der Waals surface area contributed by atoms with Crippen molar-refractivity contribution in [2.75, 3.05) is 33.7 Å². The highest BCUT2D eigenvalue weighted by molar-refractivity contribution is 5.87. The average molecular weight is 326 g/mol. The first-order valence-corrected chi connectivity index (χ1v) is 7.54. The van der Waals surface area contributed by atoms with Crippen LogP contribution in [0, 0.1) is 0 Å². The second kappa shape index (κ2) is 7.17. The zero-order valence-electron chi connectivity index (χ0n) is 13.3. The van der Waals surface area contributed by atoms with Gasteiger partial charge in [0.05, 0.1) is 5.56 Å². The third-order valence-electron chi connectivity index (χ3n) is 3.94. The van der Waals surface area contributed by atoms with Crippen molar-refractivity contribution in [1.29, 1.82) is 0 Å². The van der Waals surface area contributed by atoms with Crippen LogP contribution in [0.2, 0.25) is 0 Å². The Hall–Kier alpha value is -1.82. The minimum atomic E-state index is -4.31. The SMILES string of the molecule is CN(C)C/C=C/C(=O)N1CCC(c2ccc(C(F)(F)F)cc2)C1. The van der Waals surface area contributed by atoms with Crippen LogP contribution in [0.5, 0.6) is 0 Å². The highest BCUT2D eigenvalue weighted by atomic mass is 19.4. The molecule has 1 aromatic carbocycles. The van der Waals surface area contributed by atoms with Crippen molar-refractivity contribution in [3.05, 3.63) is 47.5 Å². The molecule has 1 aliphatic rings. The number of benzene rings is 1. The highest BCUT2D eigenvalue weighted by Crippen LogP contribution is 2.32. The molecule has 0 N–H and O–H groups in total. The Balaban J connectivity index is 1.94. The fourth-order valence-corrected chi connectivity index (χ4v) is 2.65. The quantitative estimate of drug-likeness (QED) is 0.794. The molecule has 1 aliphatic heterocycles. The predicted octanol–water partition coefficient (Wildman–Crippen LogP) is 3.14. The van der Waals surface area contributed by atoms with Crippen LogP contribution in [0.1, 0.15) is 23.5 Å². The number of nitrogens with zero attached hydrogens (tertiary/aromatic N) is 2. The van der Waals surface area contributed by atoms with Crippen molar-refractivity contribution < 1.29 is 18.0 Å². The van der Waals surface area contributed by atoms with Crippen LogP contribution in [0.25, 0.3) is 0 Å². The summed E-state index contributed by atoms with van der Waals surface area (Å²) in [6.45, 7) is 1.88. The van der Waals surface area contributed by atoms with E-state index in [1.807, 2.05) is 25.1 Å². The van der Waals surface area contributed by atoms with Crippen molar-refractivity contribution in [3.8, 4) is 0 Å². The van der Waals surface area contributed by atoms with Gasteiger partial charge in [0.1, 0.15) is 0 Å². The highest BCUT2D eigenvalue weighted by Gasteiger charge is 2.31. The number of carbonyl (C=O) groups excluding carboxylic acids is 1. The van der Waals surface area contributed by atoms with Crippen LogP contribution in [0.4, 0.5) is 13.2 Å². The van der Waals surface area contributed by atoms with Crippen molar-refractivity contribution in [1.82, 2.24) is 9.80 Å². The summed E-state index contributed by atoms with van der Waals surface area (Å²) in [7, 11) is 3.84.